The molecule has 0 atom stereocenters. The molecule has 0 heterocycles. The van der Waals surface area contributed by atoms with E-state index < -0.39 is 0 Å². The number of hydrogen-bond acceptors (Lipinski definition) is 3. The first kappa shape index (κ1) is 20.7. The first-order valence-corrected chi connectivity index (χ1v) is 9.52. The lowest BCUT2D eigenvalue weighted by Gasteiger charge is -2.14. The van der Waals surface area contributed by atoms with Crippen molar-refractivity contribution in [2.24, 2.45) is 0 Å². The van der Waals surface area contributed by atoms with E-state index in [1.165, 1.54) is 5.56 Å². The number of hydrogen-bond donors (Lipinski definition) is 1. The van der Waals surface area contributed by atoms with Gasteiger partial charge in [0.15, 0.2) is 0 Å². The SMILES string of the molecule is C=C(Oc1cc(C)ccc1C(=C)/C=C/c1ccc(C#N)c(O)c1)c1ccc(C)cc1. The largest absolute Gasteiger partial charge is 0.507 e. The number of aryl methyl sites for hydroxylation is 2. The van der Waals surface area contributed by atoms with Crippen LogP contribution in [0.3, 0.4) is 0 Å². The topological polar surface area (TPSA) is 53.2 Å². The summed E-state index contributed by atoms with van der Waals surface area (Å²) >= 11 is 0. The van der Waals surface area contributed by atoms with Crippen LogP contribution in [-0.2, 0) is 0 Å². The molecule has 3 aromatic rings. The summed E-state index contributed by atoms with van der Waals surface area (Å²) in [6.07, 6.45) is 3.69. The molecule has 0 aliphatic rings. The van der Waals surface area contributed by atoms with Gasteiger partial charge in [0.2, 0.25) is 0 Å². The lowest BCUT2D eigenvalue weighted by atomic mass is 10.0. The van der Waals surface area contributed by atoms with Crippen LogP contribution in [0.4, 0.5) is 0 Å². The van der Waals surface area contributed by atoms with Gasteiger partial charge in [-0.1, -0.05) is 73.3 Å². The normalized spacial score (nSPS) is 10.6. The van der Waals surface area contributed by atoms with Gasteiger partial charge in [0.05, 0.1) is 5.56 Å². The molecule has 0 fully saturated rings. The van der Waals surface area contributed by atoms with Gasteiger partial charge in [-0.25, -0.2) is 0 Å². The first-order chi connectivity index (χ1) is 14.4. The van der Waals surface area contributed by atoms with Crippen LogP contribution < -0.4 is 4.74 Å². The van der Waals surface area contributed by atoms with Crippen LogP contribution in [0.2, 0.25) is 0 Å². The fourth-order valence-electron chi connectivity index (χ4n) is 2.94. The van der Waals surface area contributed by atoms with E-state index in [9.17, 15) is 5.11 Å². The van der Waals surface area contributed by atoms with Crippen LogP contribution in [0.25, 0.3) is 17.4 Å². The van der Waals surface area contributed by atoms with Crippen molar-refractivity contribution in [1.29, 1.82) is 5.26 Å². The van der Waals surface area contributed by atoms with E-state index in [4.69, 9.17) is 10.00 Å². The molecule has 0 saturated carbocycles. The quantitative estimate of drug-likeness (QED) is 0.376. The highest BCUT2D eigenvalue weighted by atomic mass is 16.5. The second-order valence-electron chi connectivity index (χ2n) is 7.14. The molecule has 0 aliphatic carbocycles. The average Bonchev–Trinajstić information content (AvgIpc) is 2.72. The van der Waals surface area contributed by atoms with Crippen molar-refractivity contribution in [2.75, 3.05) is 0 Å². The van der Waals surface area contributed by atoms with E-state index in [1.807, 2.05) is 74.5 Å². The molecule has 3 rings (SSSR count). The molecule has 0 saturated heterocycles. The van der Waals surface area contributed by atoms with Crippen molar-refractivity contribution in [3.05, 3.63) is 113 Å². The third-order valence-corrected chi connectivity index (χ3v) is 4.71. The number of rotatable bonds is 6. The van der Waals surface area contributed by atoms with Crippen LogP contribution >= 0.6 is 0 Å². The Morgan fingerprint density at radius 1 is 0.967 bits per heavy atom. The van der Waals surface area contributed by atoms with Crippen molar-refractivity contribution >= 4 is 17.4 Å². The zero-order valence-corrected chi connectivity index (χ0v) is 17.1. The molecule has 0 bridgehead atoms. The number of phenolic OH excluding ortho intramolecular Hbond substituents is 1. The van der Waals surface area contributed by atoms with E-state index in [1.54, 1.807) is 18.2 Å². The summed E-state index contributed by atoms with van der Waals surface area (Å²) in [7, 11) is 0. The summed E-state index contributed by atoms with van der Waals surface area (Å²) in [5.41, 5.74) is 5.78. The highest BCUT2D eigenvalue weighted by molar-refractivity contribution is 5.81. The van der Waals surface area contributed by atoms with Gasteiger partial charge in [0.25, 0.3) is 0 Å². The summed E-state index contributed by atoms with van der Waals surface area (Å²) in [4.78, 5) is 0. The standard InChI is InChI=1S/C27H23NO2/c1-18-5-11-23(12-6-18)21(4)30-27-15-19(2)7-14-25(27)20(3)8-9-22-10-13-24(17-28)26(29)16-22/h5-16,29H,3-4H2,1-2H3/b9-8+. The number of ether oxygens (including phenoxy) is 1. The molecule has 0 aromatic heterocycles. The van der Waals surface area contributed by atoms with Crippen LogP contribution in [0.5, 0.6) is 11.5 Å². The Morgan fingerprint density at radius 2 is 1.67 bits per heavy atom. The summed E-state index contributed by atoms with van der Waals surface area (Å²) in [6.45, 7) is 12.3. The van der Waals surface area contributed by atoms with Crippen molar-refractivity contribution in [2.45, 2.75) is 13.8 Å². The number of phenols is 1. The van der Waals surface area contributed by atoms with Crippen LogP contribution in [0.1, 0.15) is 33.4 Å². The average molecular weight is 393 g/mol. The molecule has 0 spiro atoms. The maximum absolute atomic E-state index is 9.86. The van der Waals surface area contributed by atoms with E-state index >= 15 is 0 Å². The molecule has 3 heteroatoms. The number of allylic oxidation sites excluding steroid dienone is 2. The van der Waals surface area contributed by atoms with E-state index in [-0.39, 0.29) is 11.3 Å². The summed E-state index contributed by atoms with van der Waals surface area (Å²) in [5.74, 6) is 1.20. The van der Waals surface area contributed by atoms with Gasteiger partial charge in [-0.05, 0) is 48.7 Å². The van der Waals surface area contributed by atoms with E-state index in [0.717, 1.165) is 27.8 Å². The van der Waals surface area contributed by atoms with Crippen molar-refractivity contribution in [3.63, 3.8) is 0 Å². The predicted octanol–water partition coefficient (Wildman–Crippen LogP) is 6.66. The molecule has 1 N–H and O–H groups in total. The number of benzene rings is 3. The Morgan fingerprint density at radius 3 is 2.33 bits per heavy atom. The number of nitrogens with zero attached hydrogens (tertiary/aromatic N) is 1. The Kier molecular flexibility index (Phi) is 6.20. The van der Waals surface area contributed by atoms with Crippen LogP contribution in [-0.4, -0.2) is 5.11 Å². The van der Waals surface area contributed by atoms with Gasteiger partial charge < -0.3 is 9.84 Å². The molecule has 148 valence electrons. The molecular weight excluding hydrogens is 370 g/mol. The van der Waals surface area contributed by atoms with Gasteiger partial charge in [0, 0.05) is 11.1 Å². The Bertz CT molecular complexity index is 1180. The van der Waals surface area contributed by atoms with Crippen LogP contribution in [0, 0.1) is 25.2 Å². The predicted molar refractivity (Wildman–Crippen MR) is 123 cm³/mol. The smallest absolute Gasteiger partial charge is 0.135 e. The van der Waals surface area contributed by atoms with Crippen molar-refractivity contribution in [1.82, 2.24) is 0 Å². The lowest BCUT2D eigenvalue weighted by molar-refractivity contribution is 0.473. The maximum atomic E-state index is 9.86. The molecule has 3 nitrogen and oxygen atoms in total. The minimum absolute atomic E-state index is 0.0426. The fourth-order valence-corrected chi connectivity index (χ4v) is 2.94. The zero-order chi connectivity index (χ0) is 21.7. The van der Waals surface area contributed by atoms with Crippen molar-refractivity contribution < 1.29 is 9.84 Å². The molecular formula is C27H23NO2. The third-order valence-electron chi connectivity index (χ3n) is 4.71. The second kappa shape index (κ2) is 8.98. The van der Waals surface area contributed by atoms with Gasteiger partial charge in [0.1, 0.15) is 23.3 Å². The third kappa shape index (κ3) is 4.87. The zero-order valence-electron chi connectivity index (χ0n) is 17.1. The Balaban J connectivity index is 1.84. The molecule has 0 radical (unpaired) electrons. The molecule has 3 aromatic carbocycles. The monoisotopic (exact) mass is 393 g/mol. The van der Waals surface area contributed by atoms with Gasteiger partial charge in [-0.15, -0.1) is 0 Å². The van der Waals surface area contributed by atoms with Gasteiger partial charge >= 0.3 is 0 Å². The van der Waals surface area contributed by atoms with Gasteiger partial charge in [-0.3, -0.25) is 0 Å². The first-order valence-electron chi connectivity index (χ1n) is 9.52. The molecule has 30 heavy (non-hydrogen) atoms. The Hall–Kier alpha value is -4.03. The minimum atomic E-state index is -0.0426. The summed E-state index contributed by atoms with van der Waals surface area (Å²) < 4.78 is 6.11. The lowest BCUT2D eigenvalue weighted by Crippen LogP contribution is -1.97. The Labute approximate surface area is 177 Å². The maximum Gasteiger partial charge on any atom is 0.135 e. The van der Waals surface area contributed by atoms with E-state index in [0.29, 0.717) is 11.5 Å². The fraction of sp³-hybridized carbons (Fsp3) is 0.0741. The van der Waals surface area contributed by atoms with Crippen LogP contribution in [0.15, 0.2) is 79.9 Å². The van der Waals surface area contributed by atoms with E-state index in [2.05, 4.69) is 13.2 Å². The second-order valence-corrected chi connectivity index (χ2v) is 7.14. The van der Waals surface area contributed by atoms with Crippen molar-refractivity contribution in [3.8, 4) is 17.6 Å². The summed E-state index contributed by atoms with van der Waals surface area (Å²) in [6, 6.07) is 20.8. The minimum Gasteiger partial charge on any atom is -0.507 e. The molecule has 0 amide bonds. The highest BCUT2D eigenvalue weighted by Gasteiger charge is 2.10. The number of nitriles is 1. The molecule has 0 unspecified atom stereocenters. The molecule has 0 aliphatic heterocycles. The van der Waals surface area contributed by atoms with Gasteiger partial charge in [-0.2, -0.15) is 5.26 Å². The number of aromatic hydroxyl groups is 1. The summed E-state index contributed by atoms with van der Waals surface area (Å²) in [5, 5.41) is 18.8. The highest BCUT2D eigenvalue weighted by Crippen LogP contribution is 2.31.